The van der Waals surface area contributed by atoms with E-state index in [4.69, 9.17) is 0 Å². The number of nitrogens with one attached hydrogen (secondary N) is 1. The summed E-state index contributed by atoms with van der Waals surface area (Å²) in [6.45, 7) is 1.36. The number of hydrogen-bond acceptors (Lipinski definition) is 4. The lowest BCUT2D eigenvalue weighted by Crippen LogP contribution is -2.30. The Kier molecular flexibility index (Phi) is 6.61. The maximum Gasteiger partial charge on any atom is 0.224 e. The molecule has 0 saturated heterocycles. The van der Waals surface area contributed by atoms with Crippen molar-refractivity contribution >= 4 is 17.3 Å². The van der Waals surface area contributed by atoms with Crippen LogP contribution < -0.4 is 10.2 Å². The summed E-state index contributed by atoms with van der Waals surface area (Å²) in [5, 5.41) is 3.30. The molecule has 5 heteroatoms. The van der Waals surface area contributed by atoms with Gasteiger partial charge in [-0.1, -0.05) is 0 Å². The Morgan fingerprint density at radius 3 is 2.33 bits per heavy atom. The van der Waals surface area contributed by atoms with Crippen LogP contribution in [0.25, 0.3) is 0 Å². The maximum absolute atomic E-state index is 12.2. The molecule has 24 heavy (non-hydrogen) atoms. The standard InChI is InChI=1S/C19H26N4O/c1-22(2)18-6-4-17(5-7-18)21-14-10-19(24)23(3)15-11-16-8-12-20-13-9-16/h4-9,12-13,21H,10-11,14-15H2,1-3H3. The summed E-state index contributed by atoms with van der Waals surface area (Å²) in [5.74, 6) is 0.154. The van der Waals surface area contributed by atoms with Crippen molar-refractivity contribution in [3.8, 4) is 0 Å². The highest BCUT2D eigenvalue weighted by Crippen LogP contribution is 2.15. The van der Waals surface area contributed by atoms with Crippen LogP contribution in [-0.2, 0) is 11.2 Å². The van der Waals surface area contributed by atoms with E-state index in [0.29, 0.717) is 13.0 Å². The van der Waals surface area contributed by atoms with E-state index < -0.39 is 0 Å². The summed E-state index contributed by atoms with van der Waals surface area (Å²) in [6.07, 6.45) is 4.90. The number of carbonyl (C=O) groups excluding carboxylic acids is 1. The summed E-state index contributed by atoms with van der Waals surface area (Å²) in [5.41, 5.74) is 3.39. The smallest absolute Gasteiger partial charge is 0.224 e. The van der Waals surface area contributed by atoms with Crippen LogP contribution in [0.4, 0.5) is 11.4 Å². The summed E-state index contributed by atoms with van der Waals surface area (Å²) in [4.78, 5) is 20.0. The van der Waals surface area contributed by atoms with Gasteiger partial charge in [-0.3, -0.25) is 9.78 Å². The average molecular weight is 326 g/mol. The van der Waals surface area contributed by atoms with Crippen LogP contribution in [0, 0.1) is 0 Å². The van der Waals surface area contributed by atoms with E-state index in [2.05, 4.69) is 27.3 Å². The van der Waals surface area contributed by atoms with Gasteiger partial charge in [0.05, 0.1) is 0 Å². The third kappa shape index (κ3) is 5.57. The van der Waals surface area contributed by atoms with E-state index in [0.717, 1.165) is 24.3 Å². The third-order valence-electron chi connectivity index (χ3n) is 3.96. The van der Waals surface area contributed by atoms with Gasteiger partial charge in [-0.15, -0.1) is 0 Å². The van der Waals surface area contributed by atoms with Crippen LogP contribution in [0.5, 0.6) is 0 Å². The van der Waals surface area contributed by atoms with Gasteiger partial charge < -0.3 is 15.1 Å². The Hall–Kier alpha value is -2.56. The topological polar surface area (TPSA) is 48.5 Å². The second-order valence-electron chi connectivity index (χ2n) is 6.04. The Bertz CT molecular complexity index is 626. The number of benzene rings is 1. The van der Waals surface area contributed by atoms with Gasteiger partial charge in [-0.2, -0.15) is 0 Å². The number of aromatic nitrogens is 1. The van der Waals surface area contributed by atoms with Crippen molar-refractivity contribution in [3.63, 3.8) is 0 Å². The van der Waals surface area contributed by atoms with Gasteiger partial charge in [0.1, 0.15) is 0 Å². The molecule has 0 aliphatic heterocycles. The number of anilines is 2. The van der Waals surface area contributed by atoms with E-state index >= 15 is 0 Å². The molecule has 0 unspecified atom stereocenters. The Labute approximate surface area is 144 Å². The first kappa shape index (κ1) is 17.8. The fraction of sp³-hybridized carbons (Fsp3) is 0.368. The molecule has 1 N–H and O–H groups in total. The van der Waals surface area contributed by atoms with Crippen molar-refractivity contribution in [1.29, 1.82) is 0 Å². The Morgan fingerprint density at radius 1 is 1.04 bits per heavy atom. The molecule has 0 saturated carbocycles. The number of hydrogen-bond donors (Lipinski definition) is 1. The second-order valence-corrected chi connectivity index (χ2v) is 6.04. The molecule has 0 radical (unpaired) electrons. The van der Waals surface area contributed by atoms with Gasteiger partial charge in [0, 0.05) is 64.4 Å². The largest absolute Gasteiger partial charge is 0.385 e. The number of amides is 1. The maximum atomic E-state index is 12.2. The molecule has 5 nitrogen and oxygen atoms in total. The van der Waals surface area contributed by atoms with Crippen molar-refractivity contribution in [2.45, 2.75) is 12.8 Å². The van der Waals surface area contributed by atoms with Crippen molar-refractivity contribution in [2.24, 2.45) is 0 Å². The van der Waals surface area contributed by atoms with E-state index in [-0.39, 0.29) is 5.91 Å². The van der Waals surface area contributed by atoms with Gasteiger partial charge in [-0.25, -0.2) is 0 Å². The summed E-state index contributed by atoms with van der Waals surface area (Å²) < 4.78 is 0. The predicted molar refractivity (Wildman–Crippen MR) is 99.5 cm³/mol. The zero-order chi connectivity index (χ0) is 17.4. The zero-order valence-corrected chi connectivity index (χ0v) is 14.7. The number of rotatable bonds is 8. The second kappa shape index (κ2) is 8.91. The van der Waals surface area contributed by atoms with Gasteiger partial charge in [0.2, 0.25) is 5.91 Å². The van der Waals surface area contributed by atoms with Crippen LogP contribution in [0.2, 0.25) is 0 Å². The van der Waals surface area contributed by atoms with Crippen molar-refractivity contribution in [2.75, 3.05) is 44.4 Å². The van der Waals surface area contributed by atoms with Crippen molar-refractivity contribution < 1.29 is 4.79 Å². The molecule has 0 atom stereocenters. The molecule has 0 bridgehead atoms. The number of likely N-dealkylation sites (N-methyl/N-ethyl adjacent to an activating group) is 1. The molecule has 2 aromatic rings. The summed E-state index contributed by atoms with van der Waals surface area (Å²) in [7, 11) is 5.89. The van der Waals surface area contributed by atoms with Gasteiger partial charge in [0.15, 0.2) is 0 Å². The molecule has 0 spiro atoms. The van der Waals surface area contributed by atoms with Gasteiger partial charge >= 0.3 is 0 Å². The highest BCUT2D eigenvalue weighted by Gasteiger charge is 2.08. The first-order chi connectivity index (χ1) is 11.6. The minimum absolute atomic E-state index is 0.154. The van der Waals surface area contributed by atoms with E-state index in [1.165, 1.54) is 5.56 Å². The van der Waals surface area contributed by atoms with E-state index in [9.17, 15) is 4.79 Å². The predicted octanol–water partition coefficient (Wildman–Crippen LogP) is 2.65. The SMILES string of the molecule is CN(CCc1ccncc1)C(=O)CCNc1ccc(N(C)C)cc1. The molecule has 128 valence electrons. The minimum Gasteiger partial charge on any atom is -0.385 e. The molecule has 1 heterocycles. The van der Waals surface area contributed by atoms with Crippen LogP contribution >= 0.6 is 0 Å². The van der Waals surface area contributed by atoms with Crippen LogP contribution in [0.1, 0.15) is 12.0 Å². The molecule has 0 fully saturated rings. The summed E-state index contributed by atoms with van der Waals surface area (Å²) >= 11 is 0. The van der Waals surface area contributed by atoms with E-state index in [1.807, 2.05) is 45.4 Å². The molecule has 1 amide bonds. The first-order valence-corrected chi connectivity index (χ1v) is 8.20. The molecular formula is C19H26N4O. The fourth-order valence-corrected chi connectivity index (χ4v) is 2.35. The molecule has 1 aromatic carbocycles. The lowest BCUT2D eigenvalue weighted by atomic mass is 10.2. The van der Waals surface area contributed by atoms with Gasteiger partial charge in [-0.05, 0) is 48.4 Å². The molecule has 0 aliphatic rings. The monoisotopic (exact) mass is 326 g/mol. The summed E-state index contributed by atoms with van der Waals surface area (Å²) in [6, 6.07) is 12.2. The molecule has 2 rings (SSSR count). The first-order valence-electron chi connectivity index (χ1n) is 8.20. The quantitative estimate of drug-likeness (QED) is 0.810. The number of carbonyl (C=O) groups is 1. The number of pyridine rings is 1. The van der Waals surface area contributed by atoms with Crippen molar-refractivity contribution in [1.82, 2.24) is 9.88 Å². The zero-order valence-electron chi connectivity index (χ0n) is 14.7. The van der Waals surface area contributed by atoms with Crippen LogP contribution in [0.3, 0.4) is 0 Å². The lowest BCUT2D eigenvalue weighted by Gasteiger charge is -2.18. The van der Waals surface area contributed by atoms with Crippen LogP contribution in [-0.4, -0.2) is 50.0 Å². The highest BCUT2D eigenvalue weighted by atomic mass is 16.2. The molecule has 1 aromatic heterocycles. The minimum atomic E-state index is 0.154. The Morgan fingerprint density at radius 2 is 1.71 bits per heavy atom. The van der Waals surface area contributed by atoms with Crippen molar-refractivity contribution in [3.05, 3.63) is 54.4 Å². The fourth-order valence-electron chi connectivity index (χ4n) is 2.35. The average Bonchev–Trinajstić information content (AvgIpc) is 2.61. The van der Waals surface area contributed by atoms with E-state index in [1.54, 1.807) is 17.3 Å². The molecule has 0 aliphatic carbocycles. The Balaban J connectivity index is 1.70. The normalized spacial score (nSPS) is 10.3. The number of nitrogens with zero attached hydrogens (tertiary/aromatic N) is 3. The van der Waals surface area contributed by atoms with Gasteiger partial charge in [0.25, 0.3) is 0 Å². The lowest BCUT2D eigenvalue weighted by molar-refractivity contribution is -0.129. The highest BCUT2D eigenvalue weighted by molar-refractivity contribution is 5.76. The third-order valence-corrected chi connectivity index (χ3v) is 3.96. The van der Waals surface area contributed by atoms with Crippen LogP contribution in [0.15, 0.2) is 48.8 Å². The molecular weight excluding hydrogens is 300 g/mol.